The Morgan fingerprint density at radius 3 is 2.10 bits per heavy atom. The number of nitrogens with zero attached hydrogens (tertiary/aromatic N) is 1. The predicted molar refractivity (Wildman–Crippen MR) is 46.9 cm³/mol. The summed E-state index contributed by atoms with van der Waals surface area (Å²) in [5, 5.41) is 3.79. The number of terminal acetylenes is 1. The number of nitrogens with one attached hydrogen (secondary N) is 1. The molecule has 1 N–H and O–H groups in total. The van der Waals surface area contributed by atoms with E-state index in [9.17, 15) is 0 Å². The van der Waals surface area contributed by atoms with Crippen LogP contribution in [0.5, 0.6) is 0 Å². The molecule has 0 saturated heterocycles. The maximum absolute atomic E-state index is 4.00. The second-order valence-corrected chi connectivity index (χ2v) is 1.58. The molecule has 0 bridgehead atoms. The second-order valence-electron chi connectivity index (χ2n) is 1.58. The molecule has 0 aromatic heterocycles. The summed E-state index contributed by atoms with van der Waals surface area (Å²) in [4.78, 5) is 0. The van der Waals surface area contributed by atoms with E-state index < -0.39 is 0 Å². The largest absolute Gasteiger partial charge is 0.307 e. The molecule has 0 fully saturated rings. The fourth-order valence-corrected chi connectivity index (χ4v) is 0.443. The summed E-state index contributed by atoms with van der Waals surface area (Å²) in [7, 11) is 0. The Morgan fingerprint density at radius 2 is 2.00 bits per heavy atom. The van der Waals surface area contributed by atoms with Crippen LogP contribution in [0.3, 0.4) is 0 Å². The first kappa shape index (κ1) is 11.8. The Bertz CT molecular complexity index is 86.7. The Kier molecular flexibility index (Phi) is 12.9. The molecule has 0 saturated carbocycles. The highest BCUT2D eigenvalue weighted by Crippen LogP contribution is 1.91. The maximum atomic E-state index is 4.00. The highest BCUT2D eigenvalue weighted by molar-refractivity contribution is 5.59. The van der Waals surface area contributed by atoms with Crippen LogP contribution in [0, 0.1) is 12.8 Å². The highest BCUT2D eigenvalue weighted by Gasteiger charge is 1.99. The molecule has 0 aliphatic carbocycles. The van der Waals surface area contributed by atoms with E-state index in [0.717, 1.165) is 6.42 Å². The molecular weight excluding hydrogens is 124 g/mol. The van der Waals surface area contributed by atoms with Crippen LogP contribution >= 0.6 is 0 Å². The molecule has 1 heterocycles. The third kappa shape index (κ3) is 7.03. The van der Waals surface area contributed by atoms with Gasteiger partial charge in [0.2, 0.25) is 0 Å². The monoisotopic (exact) mass is 140 g/mol. The van der Waals surface area contributed by atoms with Crippen LogP contribution in [0.2, 0.25) is 0 Å². The van der Waals surface area contributed by atoms with E-state index in [4.69, 9.17) is 0 Å². The normalized spacial score (nSPS) is 19.1. The zero-order valence-corrected chi connectivity index (χ0v) is 6.96. The van der Waals surface area contributed by atoms with Gasteiger partial charge in [-0.1, -0.05) is 13.8 Å². The van der Waals surface area contributed by atoms with Crippen molar-refractivity contribution >= 4 is 6.21 Å². The SMILES string of the molecule is C#C.CC.CC1CC=NN1. The average Bonchev–Trinajstić information content (AvgIpc) is 2.48. The lowest BCUT2D eigenvalue weighted by molar-refractivity contribution is 0.636. The Hall–Kier alpha value is -0.970. The lowest BCUT2D eigenvalue weighted by Gasteiger charge is -1.94. The zero-order chi connectivity index (χ0) is 8.41. The molecule has 1 aliphatic heterocycles. The molecule has 0 spiro atoms. The van der Waals surface area contributed by atoms with Gasteiger partial charge in [0.05, 0.1) is 0 Å². The molecule has 1 rings (SSSR count). The Balaban J connectivity index is 0. The summed E-state index contributed by atoms with van der Waals surface area (Å²) < 4.78 is 0. The summed E-state index contributed by atoms with van der Waals surface area (Å²) in [5.74, 6) is 0. The minimum absolute atomic E-state index is 0.574. The van der Waals surface area contributed by atoms with Crippen molar-refractivity contribution in [2.45, 2.75) is 33.2 Å². The van der Waals surface area contributed by atoms with Crippen molar-refractivity contribution < 1.29 is 0 Å². The van der Waals surface area contributed by atoms with Crippen LogP contribution in [0.4, 0.5) is 0 Å². The summed E-state index contributed by atoms with van der Waals surface area (Å²) in [5.41, 5.74) is 2.89. The Morgan fingerprint density at radius 1 is 1.50 bits per heavy atom. The third-order valence-electron chi connectivity index (χ3n) is 0.845. The highest BCUT2D eigenvalue weighted by atomic mass is 15.3. The molecule has 1 aliphatic rings. The molecule has 58 valence electrons. The van der Waals surface area contributed by atoms with Gasteiger partial charge in [0.1, 0.15) is 0 Å². The van der Waals surface area contributed by atoms with E-state index in [-0.39, 0.29) is 0 Å². The topological polar surface area (TPSA) is 24.4 Å². The molecular formula is C8H16N2. The number of hydrogen-bond acceptors (Lipinski definition) is 2. The van der Waals surface area contributed by atoms with Crippen molar-refractivity contribution in [3.05, 3.63) is 0 Å². The minimum Gasteiger partial charge on any atom is -0.307 e. The Labute approximate surface area is 63.7 Å². The zero-order valence-electron chi connectivity index (χ0n) is 6.96. The van der Waals surface area contributed by atoms with Crippen LogP contribution < -0.4 is 5.43 Å². The van der Waals surface area contributed by atoms with E-state index >= 15 is 0 Å². The lowest BCUT2D eigenvalue weighted by atomic mass is 10.3. The fraction of sp³-hybridized carbons (Fsp3) is 0.625. The quantitative estimate of drug-likeness (QED) is 0.508. The predicted octanol–water partition coefficient (Wildman–Crippen LogP) is 1.63. The van der Waals surface area contributed by atoms with Crippen molar-refractivity contribution in [3.8, 4) is 12.8 Å². The van der Waals surface area contributed by atoms with Gasteiger partial charge in [-0.15, -0.1) is 12.8 Å². The van der Waals surface area contributed by atoms with E-state index in [2.05, 4.69) is 30.3 Å². The fourth-order valence-electron chi connectivity index (χ4n) is 0.443. The minimum atomic E-state index is 0.574. The maximum Gasteiger partial charge on any atom is 0.0461 e. The van der Waals surface area contributed by atoms with Crippen molar-refractivity contribution in [3.63, 3.8) is 0 Å². The lowest BCUT2D eigenvalue weighted by Crippen LogP contribution is -2.12. The molecule has 10 heavy (non-hydrogen) atoms. The first-order valence-electron chi connectivity index (χ1n) is 3.50. The molecule has 0 aromatic carbocycles. The molecule has 2 nitrogen and oxygen atoms in total. The van der Waals surface area contributed by atoms with E-state index in [1.54, 1.807) is 0 Å². The summed E-state index contributed by atoms with van der Waals surface area (Å²) in [6, 6.07) is 0.574. The number of hydrogen-bond donors (Lipinski definition) is 1. The first-order valence-corrected chi connectivity index (χ1v) is 3.50. The standard InChI is InChI=1S/C4H8N2.C2H6.C2H2/c1-4-2-3-5-6-4;2*1-2/h3-4,6H,2H2,1H3;1-2H3;1-2H. The number of hydrazone groups is 1. The van der Waals surface area contributed by atoms with Gasteiger partial charge >= 0.3 is 0 Å². The van der Waals surface area contributed by atoms with Gasteiger partial charge in [0.15, 0.2) is 0 Å². The second kappa shape index (κ2) is 10.9. The average molecular weight is 140 g/mol. The van der Waals surface area contributed by atoms with Crippen molar-refractivity contribution in [2.24, 2.45) is 5.10 Å². The smallest absolute Gasteiger partial charge is 0.0461 e. The van der Waals surface area contributed by atoms with Crippen molar-refractivity contribution in [2.75, 3.05) is 0 Å². The number of rotatable bonds is 0. The van der Waals surface area contributed by atoms with Crippen LogP contribution in [0.25, 0.3) is 0 Å². The van der Waals surface area contributed by atoms with Gasteiger partial charge in [-0.05, 0) is 6.92 Å². The van der Waals surface area contributed by atoms with E-state index in [0.29, 0.717) is 6.04 Å². The van der Waals surface area contributed by atoms with E-state index in [1.165, 1.54) is 0 Å². The van der Waals surface area contributed by atoms with E-state index in [1.807, 2.05) is 20.1 Å². The van der Waals surface area contributed by atoms with Crippen LogP contribution in [0.1, 0.15) is 27.2 Å². The molecule has 2 heteroatoms. The van der Waals surface area contributed by atoms with Gasteiger partial charge in [-0.25, -0.2) is 0 Å². The summed E-state index contributed by atoms with van der Waals surface area (Å²) >= 11 is 0. The summed E-state index contributed by atoms with van der Waals surface area (Å²) in [6.45, 7) is 6.10. The molecule has 1 atom stereocenters. The summed E-state index contributed by atoms with van der Waals surface area (Å²) in [6.07, 6.45) is 11.0. The molecule has 0 radical (unpaired) electrons. The van der Waals surface area contributed by atoms with Gasteiger partial charge in [0.25, 0.3) is 0 Å². The molecule has 0 amide bonds. The molecule has 0 aromatic rings. The first-order chi connectivity index (χ1) is 4.89. The van der Waals surface area contributed by atoms with Gasteiger partial charge in [-0.2, -0.15) is 5.10 Å². The van der Waals surface area contributed by atoms with Crippen molar-refractivity contribution in [1.82, 2.24) is 5.43 Å². The van der Waals surface area contributed by atoms with Crippen LogP contribution in [-0.2, 0) is 0 Å². The van der Waals surface area contributed by atoms with Crippen LogP contribution in [0.15, 0.2) is 5.10 Å². The van der Waals surface area contributed by atoms with Gasteiger partial charge in [-0.3, -0.25) is 0 Å². The third-order valence-corrected chi connectivity index (χ3v) is 0.845. The van der Waals surface area contributed by atoms with Crippen molar-refractivity contribution in [1.29, 1.82) is 0 Å². The molecule has 1 unspecified atom stereocenters. The van der Waals surface area contributed by atoms with Gasteiger partial charge in [0, 0.05) is 18.7 Å². The van der Waals surface area contributed by atoms with Gasteiger partial charge < -0.3 is 5.43 Å². The van der Waals surface area contributed by atoms with Crippen LogP contribution in [-0.4, -0.2) is 12.3 Å².